The van der Waals surface area contributed by atoms with E-state index in [0.29, 0.717) is 5.15 Å². The van der Waals surface area contributed by atoms with Crippen LogP contribution in [-0.2, 0) is 6.42 Å². The molecular formula is C10H14ClNO. The van der Waals surface area contributed by atoms with Crippen molar-refractivity contribution in [2.24, 2.45) is 0 Å². The highest BCUT2D eigenvalue weighted by atomic mass is 35.5. The van der Waals surface area contributed by atoms with Crippen molar-refractivity contribution >= 4 is 11.6 Å². The molecule has 1 aromatic rings. The van der Waals surface area contributed by atoms with Crippen molar-refractivity contribution in [3.8, 4) is 0 Å². The van der Waals surface area contributed by atoms with Crippen LogP contribution in [-0.4, -0.2) is 16.2 Å². The van der Waals surface area contributed by atoms with E-state index in [1.165, 1.54) is 0 Å². The number of pyridine rings is 1. The van der Waals surface area contributed by atoms with Gasteiger partial charge in [0.25, 0.3) is 0 Å². The molecule has 13 heavy (non-hydrogen) atoms. The van der Waals surface area contributed by atoms with Crippen molar-refractivity contribution in [1.29, 1.82) is 0 Å². The van der Waals surface area contributed by atoms with Gasteiger partial charge in [-0.3, -0.25) is 0 Å². The molecule has 0 bridgehead atoms. The predicted molar refractivity (Wildman–Crippen MR) is 54.0 cm³/mol. The molecule has 1 atom stereocenters. The van der Waals surface area contributed by atoms with Crippen LogP contribution < -0.4 is 0 Å². The van der Waals surface area contributed by atoms with Gasteiger partial charge in [-0.25, -0.2) is 4.98 Å². The van der Waals surface area contributed by atoms with Crippen LogP contribution in [0.4, 0.5) is 0 Å². The van der Waals surface area contributed by atoms with Gasteiger partial charge < -0.3 is 5.11 Å². The minimum absolute atomic E-state index is 0.254. The summed E-state index contributed by atoms with van der Waals surface area (Å²) in [5.41, 5.74) is 2.12. The molecule has 0 aromatic carbocycles. The van der Waals surface area contributed by atoms with Crippen molar-refractivity contribution in [2.75, 3.05) is 0 Å². The Morgan fingerprint density at radius 3 is 2.85 bits per heavy atom. The maximum atomic E-state index is 9.09. The summed E-state index contributed by atoms with van der Waals surface area (Å²) in [4.78, 5) is 4.04. The van der Waals surface area contributed by atoms with Gasteiger partial charge in [0.2, 0.25) is 0 Å². The zero-order valence-corrected chi connectivity index (χ0v) is 8.67. The first kappa shape index (κ1) is 10.5. The van der Waals surface area contributed by atoms with Crippen molar-refractivity contribution in [3.05, 3.63) is 28.5 Å². The number of hydrogen-bond donors (Lipinski definition) is 1. The fraction of sp³-hybridized carbons (Fsp3) is 0.500. The first-order chi connectivity index (χ1) is 6.09. The number of halogens is 1. The summed E-state index contributed by atoms with van der Waals surface area (Å²) < 4.78 is 0. The molecule has 2 nitrogen and oxygen atoms in total. The van der Waals surface area contributed by atoms with E-state index in [2.05, 4.69) is 4.98 Å². The topological polar surface area (TPSA) is 33.1 Å². The van der Waals surface area contributed by atoms with E-state index in [0.717, 1.165) is 24.0 Å². The van der Waals surface area contributed by atoms with Gasteiger partial charge >= 0.3 is 0 Å². The van der Waals surface area contributed by atoms with Gasteiger partial charge in [0.1, 0.15) is 5.15 Å². The van der Waals surface area contributed by atoms with E-state index in [1.807, 2.05) is 13.0 Å². The molecule has 0 aliphatic carbocycles. The van der Waals surface area contributed by atoms with Crippen LogP contribution in [0, 0.1) is 6.92 Å². The van der Waals surface area contributed by atoms with Gasteiger partial charge in [-0.05, 0) is 37.8 Å². The second kappa shape index (κ2) is 4.58. The zero-order chi connectivity index (χ0) is 9.84. The Morgan fingerprint density at radius 2 is 2.31 bits per heavy atom. The zero-order valence-electron chi connectivity index (χ0n) is 7.92. The van der Waals surface area contributed by atoms with E-state index in [4.69, 9.17) is 16.7 Å². The van der Waals surface area contributed by atoms with Crippen LogP contribution in [0.5, 0.6) is 0 Å². The Morgan fingerprint density at radius 1 is 1.62 bits per heavy atom. The molecule has 1 N–H and O–H groups in total. The van der Waals surface area contributed by atoms with Crippen LogP contribution in [0.1, 0.15) is 24.5 Å². The van der Waals surface area contributed by atoms with Crippen LogP contribution in [0.2, 0.25) is 5.15 Å². The molecule has 0 amide bonds. The largest absolute Gasteiger partial charge is 0.393 e. The fourth-order valence-corrected chi connectivity index (χ4v) is 1.23. The van der Waals surface area contributed by atoms with Crippen LogP contribution in [0.25, 0.3) is 0 Å². The van der Waals surface area contributed by atoms with Gasteiger partial charge in [0.05, 0.1) is 6.10 Å². The summed E-state index contributed by atoms with van der Waals surface area (Å²) in [6, 6.07) is 2.01. The minimum atomic E-state index is -0.254. The first-order valence-electron chi connectivity index (χ1n) is 4.38. The third-order valence-electron chi connectivity index (χ3n) is 1.92. The molecule has 0 spiro atoms. The average molecular weight is 200 g/mol. The number of nitrogens with zero attached hydrogens (tertiary/aromatic N) is 1. The lowest BCUT2D eigenvalue weighted by Gasteiger charge is -2.05. The number of rotatable bonds is 3. The van der Waals surface area contributed by atoms with Crippen LogP contribution in [0.3, 0.4) is 0 Å². The van der Waals surface area contributed by atoms with Gasteiger partial charge in [-0.1, -0.05) is 17.7 Å². The summed E-state index contributed by atoms with van der Waals surface area (Å²) in [5.74, 6) is 0. The summed E-state index contributed by atoms with van der Waals surface area (Å²) in [6.45, 7) is 3.72. The maximum absolute atomic E-state index is 9.09. The van der Waals surface area contributed by atoms with Crippen molar-refractivity contribution in [2.45, 2.75) is 32.8 Å². The second-order valence-corrected chi connectivity index (χ2v) is 3.70. The van der Waals surface area contributed by atoms with Crippen molar-refractivity contribution in [1.82, 2.24) is 4.98 Å². The monoisotopic (exact) mass is 199 g/mol. The van der Waals surface area contributed by atoms with Gasteiger partial charge in [-0.15, -0.1) is 0 Å². The Balaban J connectivity index is 2.63. The summed E-state index contributed by atoms with van der Waals surface area (Å²) in [6.07, 6.45) is 3.12. The Kier molecular flexibility index (Phi) is 3.70. The highest BCUT2D eigenvalue weighted by Crippen LogP contribution is 2.14. The molecule has 1 heterocycles. The standard InChI is InChI=1S/C10H14ClNO/c1-7-5-9(4-3-8(2)13)6-12-10(7)11/h5-6,8,13H,3-4H2,1-2H3/t8-/m1/s1. The number of aliphatic hydroxyl groups is 1. The number of hydrogen-bond acceptors (Lipinski definition) is 2. The van der Waals surface area contributed by atoms with Crippen LogP contribution in [0.15, 0.2) is 12.3 Å². The van der Waals surface area contributed by atoms with Gasteiger partial charge in [0.15, 0.2) is 0 Å². The predicted octanol–water partition coefficient (Wildman–Crippen LogP) is 2.36. The molecule has 0 aliphatic heterocycles. The van der Waals surface area contributed by atoms with E-state index in [1.54, 1.807) is 13.1 Å². The Bertz CT molecular complexity index is 286. The number of aryl methyl sites for hydroxylation is 2. The normalized spacial score (nSPS) is 12.9. The molecule has 3 heteroatoms. The molecule has 72 valence electrons. The van der Waals surface area contributed by atoms with Crippen molar-refractivity contribution in [3.63, 3.8) is 0 Å². The third-order valence-corrected chi connectivity index (χ3v) is 2.32. The molecular weight excluding hydrogens is 186 g/mol. The lowest BCUT2D eigenvalue weighted by atomic mass is 10.1. The molecule has 0 saturated heterocycles. The van der Waals surface area contributed by atoms with E-state index < -0.39 is 0 Å². The Hall–Kier alpha value is -0.600. The molecule has 1 rings (SSSR count). The van der Waals surface area contributed by atoms with Gasteiger partial charge in [-0.2, -0.15) is 0 Å². The molecule has 0 fully saturated rings. The van der Waals surface area contributed by atoms with Gasteiger partial charge in [0, 0.05) is 6.20 Å². The number of aliphatic hydroxyl groups excluding tert-OH is 1. The second-order valence-electron chi connectivity index (χ2n) is 3.34. The summed E-state index contributed by atoms with van der Waals surface area (Å²) >= 11 is 5.78. The minimum Gasteiger partial charge on any atom is -0.393 e. The average Bonchev–Trinajstić information content (AvgIpc) is 2.07. The van der Waals surface area contributed by atoms with Crippen LogP contribution >= 0.6 is 11.6 Å². The molecule has 0 unspecified atom stereocenters. The molecule has 0 aliphatic rings. The molecule has 1 aromatic heterocycles. The molecule has 0 radical (unpaired) electrons. The summed E-state index contributed by atoms with van der Waals surface area (Å²) in [5, 5.41) is 9.65. The highest BCUT2D eigenvalue weighted by Gasteiger charge is 2.01. The fourth-order valence-electron chi connectivity index (χ4n) is 1.13. The lowest BCUT2D eigenvalue weighted by molar-refractivity contribution is 0.185. The first-order valence-corrected chi connectivity index (χ1v) is 4.76. The van der Waals surface area contributed by atoms with E-state index >= 15 is 0 Å². The van der Waals surface area contributed by atoms with E-state index in [9.17, 15) is 0 Å². The highest BCUT2D eigenvalue weighted by molar-refractivity contribution is 6.30. The number of aromatic nitrogens is 1. The van der Waals surface area contributed by atoms with Crippen molar-refractivity contribution < 1.29 is 5.11 Å². The Labute approximate surface area is 83.6 Å². The lowest BCUT2D eigenvalue weighted by Crippen LogP contribution is -2.01. The maximum Gasteiger partial charge on any atom is 0.131 e. The quantitative estimate of drug-likeness (QED) is 0.759. The molecule has 0 saturated carbocycles. The smallest absolute Gasteiger partial charge is 0.131 e. The third kappa shape index (κ3) is 3.33. The summed E-state index contributed by atoms with van der Waals surface area (Å²) in [7, 11) is 0. The SMILES string of the molecule is Cc1cc(CC[C@@H](C)O)cnc1Cl. The van der Waals surface area contributed by atoms with E-state index in [-0.39, 0.29) is 6.10 Å².